The molecular weight excluding hydrogens is 647 g/mol. The molecule has 0 saturated heterocycles. The van der Waals surface area contributed by atoms with E-state index >= 15 is 0 Å². The van der Waals surface area contributed by atoms with E-state index in [1.165, 1.54) is 75.1 Å². The predicted molar refractivity (Wildman–Crippen MR) is 225 cm³/mol. The van der Waals surface area contributed by atoms with Gasteiger partial charge in [0.1, 0.15) is 0 Å². The van der Waals surface area contributed by atoms with Gasteiger partial charge in [0, 0.05) is 37.2 Å². The molecule has 0 fully saturated rings. The summed E-state index contributed by atoms with van der Waals surface area (Å²) in [6.45, 7) is 0. The van der Waals surface area contributed by atoms with Crippen LogP contribution in [0.25, 0.3) is 75.1 Å². The summed E-state index contributed by atoms with van der Waals surface area (Å²) >= 11 is 1.88. The molecule has 1 nitrogen and oxygen atoms in total. The average molecular weight is 680 g/mol. The second-order valence-corrected chi connectivity index (χ2v) is 14.4. The minimum absolute atomic E-state index is 1.11. The molecule has 10 rings (SSSR count). The molecule has 10 aromatic rings. The third-order valence-electron chi connectivity index (χ3n) is 10.3. The molecule has 0 saturated carbocycles. The molecule has 1 heterocycles. The number of rotatable bonds is 6. The molecule has 0 spiro atoms. The summed E-state index contributed by atoms with van der Waals surface area (Å²) in [5.74, 6) is 0. The van der Waals surface area contributed by atoms with Crippen molar-refractivity contribution in [1.82, 2.24) is 0 Å². The van der Waals surface area contributed by atoms with Crippen LogP contribution >= 0.6 is 11.3 Å². The fourth-order valence-electron chi connectivity index (χ4n) is 7.67. The molecule has 0 N–H and O–H groups in total. The predicted octanol–water partition coefficient (Wildman–Crippen LogP) is 14.8. The van der Waals surface area contributed by atoms with E-state index in [1.807, 2.05) is 11.3 Å². The Balaban J connectivity index is 1.09. The Labute approximate surface area is 307 Å². The van der Waals surface area contributed by atoms with Gasteiger partial charge in [-0.05, 0) is 103 Å². The molecule has 0 bridgehead atoms. The van der Waals surface area contributed by atoms with Gasteiger partial charge >= 0.3 is 0 Å². The zero-order valence-corrected chi connectivity index (χ0v) is 29.2. The lowest BCUT2D eigenvalue weighted by Crippen LogP contribution is -2.10. The van der Waals surface area contributed by atoms with Crippen LogP contribution in [-0.4, -0.2) is 0 Å². The second-order valence-electron chi connectivity index (χ2n) is 13.3. The van der Waals surface area contributed by atoms with Crippen LogP contribution in [0.3, 0.4) is 0 Å². The van der Waals surface area contributed by atoms with E-state index in [9.17, 15) is 0 Å². The molecule has 0 amide bonds. The Morgan fingerprint density at radius 1 is 0.308 bits per heavy atom. The molecule has 0 unspecified atom stereocenters. The Hall–Kier alpha value is -6.48. The molecule has 1 aromatic heterocycles. The standard InChI is InChI=1S/C50H33NS/c1-2-12-38-32-39(23-22-34(38)10-1)35-24-28-41(29-25-35)51(42-30-26-37(27-31-42)45-18-8-13-36-11-3-4-16-44(36)45)43-15-7-14-40(33-43)46-19-9-20-48-47-17-5-6-21-49(47)52-50(46)48/h1-33H. The van der Waals surface area contributed by atoms with Crippen molar-refractivity contribution in [1.29, 1.82) is 0 Å². The minimum Gasteiger partial charge on any atom is -0.310 e. The largest absolute Gasteiger partial charge is 0.310 e. The summed E-state index contributed by atoms with van der Waals surface area (Å²) in [4.78, 5) is 2.38. The second kappa shape index (κ2) is 12.7. The van der Waals surface area contributed by atoms with Crippen molar-refractivity contribution in [3.05, 3.63) is 200 Å². The number of hydrogen-bond donors (Lipinski definition) is 0. The summed E-state index contributed by atoms with van der Waals surface area (Å²) in [7, 11) is 0. The van der Waals surface area contributed by atoms with Gasteiger partial charge in [0.15, 0.2) is 0 Å². The third kappa shape index (κ3) is 5.33. The minimum atomic E-state index is 1.11. The van der Waals surface area contributed by atoms with Gasteiger partial charge in [-0.2, -0.15) is 0 Å². The lowest BCUT2D eigenvalue weighted by molar-refractivity contribution is 1.28. The number of anilines is 3. The lowest BCUT2D eigenvalue weighted by atomic mass is 9.97. The van der Waals surface area contributed by atoms with Crippen molar-refractivity contribution in [3.8, 4) is 33.4 Å². The van der Waals surface area contributed by atoms with Gasteiger partial charge in [0.05, 0.1) is 0 Å². The molecule has 52 heavy (non-hydrogen) atoms. The molecule has 2 heteroatoms. The number of fused-ring (bicyclic) bond motifs is 5. The zero-order valence-electron chi connectivity index (χ0n) is 28.4. The maximum absolute atomic E-state index is 2.38. The molecule has 0 aliphatic heterocycles. The monoisotopic (exact) mass is 679 g/mol. The van der Waals surface area contributed by atoms with E-state index in [1.54, 1.807) is 0 Å². The van der Waals surface area contributed by atoms with Crippen molar-refractivity contribution in [2.24, 2.45) is 0 Å². The molecule has 0 aliphatic rings. The Morgan fingerprint density at radius 2 is 0.904 bits per heavy atom. The van der Waals surface area contributed by atoms with Crippen LogP contribution in [0.2, 0.25) is 0 Å². The van der Waals surface area contributed by atoms with E-state index in [2.05, 4.69) is 205 Å². The first kappa shape index (κ1) is 30.4. The topological polar surface area (TPSA) is 3.24 Å². The first-order valence-electron chi connectivity index (χ1n) is 17.8. The highest BCUT2D eigenvalue weighted by molar-refractivity contribution is 7.26. The SMILES string of the molecule is c1cc(-c2cccc3c2sc2ccccc23)cc(N(c2ccc(-c3ccc4ccccc4c3)cc2)c2ccc(-c3cccc4ccccc34)cc2)c1. The van der Waals surface area contributed by atoms with Gasteiger partial charge in [0.2, 0.25) is 0 Å². The highest BCUT2D eigenvalue weighted by atomic mass is 32.1. The maximum atomic E-state index is 2.38. The third-order valence-corrected chi connectivity index (χ3v) is 11.5. The lowest BCUT2D eigenvalue weighted by Gasteiger charge is -2.26. The zero-order chi connectivity index (χ0) is 34.4. The molecule has 0 radical (unpaired) electrons. The summed E-state index contributed by atoms with van der Waals surface area (Å²) in [5, 5.41) is 7.66. The van der Waals surface area contributed by atoms with Crippen LogP contribution in [0, 0.1) is 0 Å². The average Bonchev–Trinajstić information content (AvgIpc) is 3.60. The van der Waals surface area contributed by atoms with Crippen LogP contribution < -0.4 is 4.90 Å². The Kier molecular flexibility index (Phi) is 7.41. The van der Waals surface area contributed by atoms with Crippen LogP contribution in [0.5, 0.6) is 0 Å². The smallest absolute Gasteiger partial charge is 0.0467 e. The van der Waals surface area contributed by atoms with Crippen LogP contribution in [0.15, 0.2) is 200 Å². The highest BCUT2D eigenvalue weighted by Gasteiger charge is 2.16. The maximum Gasteiger partial charge on any atom is 0.0467 e. The molecule has 244 valence electrons. The fourth-order valence-corrected chi connectivity index (χ4v) is 8.91. The fraction of sp³-hybridized carbons (Fsp3) is 0. The van der Waals surface area contributed by atoms with Crippen LogP contribution in [0.1, 0.15) is 0 Å². The number of thiophene rings is 1. The molecule has 0 aliphatic carbocycles. The summed E-state index contributed by atoms with van der Waals surface area (Å²) in [5.41, 5.74) is 10.7. The molecule has 0 atom stereocenters. The summed E-state index contributed by atoms with van der Waals surface area (Å²) in [6.07, 6.45) is 0. The van der Waals surface area contributed by atoms with Gasteiger partial charge in [-0.25, -0.2) is 0 Å². The van der Waals surface area contributed by atoms with Crippen molar-refractivity contribution in [2.75, 3.05) is 4.90 Å². The van der Waals surface area contributed by atoms with Gasteiger partial charge in [-0.15, -0.1) is 11.3 Å². The molecular formula is C50H33NS. The first-order chi connectivity index (χ1) is 25.8. The van der Waals surface area contributed by atoms with E-state index < -0.39 is 0 Å². The summed E-state index contributed by atoms with van der Waals surface area (Å²) in [6, 6.07) is 72.9. The quantitative estimate of drug-likeness (QED) is 0.169. The van der Waals surface area contributed by atoms with Gasteiger partial charge in [-0.3, -0.25) is 0 Å². The first-order valence-corrected chi connectivity index (χ1v) is 18.6. The van der Waals surface area contributed by atoms with E-state index in [0.717, 1.165) is 17.1 Å². The van der Waals surface area contributed by atoms with E-state index in [0.29, 0.717) is 0 Å². The number of benzene rings is 9. The highest BCUT2D eigenvalue weighted by Crippen LogP contribution is 2.43. The van der Waals surface area contributed by atoms with Crippen LogP contribution in [0.4, 0.5) is 17.1 Å². The van der Waals surface area contributed by atoms with Crippen LogP contribution in [-0.2, 0) is 0 Å². The van der Waals surface area contributed by atoms with Crippen molar-refractivity contribution < 1.29 is 0 Å². The van der Waals surface area contributed by atoms with Crippen molar-refractivity contribution >= 4 is 70.1 Å². The van der Waals surface area contributed by atoms with Crippen molar-refractivity contribution in [3.63, 3.8) is 0 Å². The van der Waals surface area contributed by atoms with E-state index in [4.69, 9.17) is 0 Å². The van der Waals surface area contributed by atoms with Gasteiger partial charge < -0.3 is 4.90 Å². The number of nitrogens with zero attached hydrogens (tertiary/aromatic N) is 1. The number of hydrogen-bond acceptors (Lipinski definition) is 2. The normalized spacial score (nSPS) is 11.5. The Bertz CT molecular complexity index is 2890. The summed E-state index contributed by atoms with van der Waals surface area (Å²) < 4.78 is 2.65. The van der Waals surface area contributed by atoms with Gasteiger partial charge in [0.25, 0.3) is 0 Å². The molecule has 9 aromatic carbocycles. The Morgan fingerprint density at radius 3 is 1.73 bits per heavy atom. The van der Waals surface area contributed by atoms with E-state index in [-0.39, 0.29) is 0 Å². The van der Waals surface area contributed by atoms with Gasteiger partial charge in [-0.1, -0.05) is 152 Å². The van der Waals surface area contributed by atoms with Crippen molar-refractivity contribution in [2.45, 2.75) is 0 Å².